The number of amides is 2. The second-order valence-corrected chi connectivity index (χ2v) is 10.5. The summed E-state index contributed by atoms with van der Waals surface area (Å²) in [6.07, 6.45) is 3.56. The van der Waals surface area contributed by atoms with Gasteiger partial charge in [-0.1, -0.05) is 55.0 Å². The van der Waals surface area contributed by atoms with Gasteiger partial charge < -0.3 is 20.5 Å². The smallest absolute Gasteiger partial charge is 0.407 e. The van der Waals surface area contributed by atoms with E-state index in [1.165, 1.54) is 0 Å². The lowest BCUT2D eigenvalue weighted by molar-refractivity contribution is -0.149. The molecule has 1 fully saturated rings. The van der Waals surface area contributed by atoms with Gasteiger partial charge in [-0.2, -0.15) is 11.8 Å². The van der Waals surface area contributed by atoms with E-state index in [1.807, 2.05) is 30.5 Å². The third kappa shape index (κ3) is 5.17. The Bertz CT molecular complexity index is 1060. The van der Waals surface area contributed by atoms with Gasteiger partial charge in [-0.15, -0.1) is 0 Å². The molecule has 4 rings (SSSR count). The number of rotatable bonds is 9. The van der Waals surface area contributed by atoms with Crippen LogP contribution in [0.1, 0.15) is 49.7 Å². The third-order valence-corrected chi connectivity index (χ3v) is 7.97. The Balaban J connectivity index is 1.40. The number of carboxylic acid groups (broad SMARTS) is 1. The van der Waals surface area contributed by atoms with Gasteiger partial charge in [0.05, 0.1) is 5.41 Å². The number of ether oxygens (including phenoxy) is 1. The molecule has 0 bridgehead atoms. The van der Waals surface area contributed by atoms with E-state index in [4.69, 9.17) is 4.74 Å². The molecule has 7 nitrogen and oxygen atoms in total. The summed E-state index contributed by atoms with van der Waals surface area (Å²) in [5.74, 6) is -0.679. The molecule has 2 aromatic carbocycles. The Kier molecular flexibility index (Phi) is 7.69. The standard InChI is InChI=1S/C27H32N2O5S/c1-27(25(31)32)14-7-12-23(27)29-24(30)22(13-15-35-2)28-26(33)34-16-21-19-10-5-3-8-17(19)18-9-4-6-11-20(18)21/h3-6,8-11,21-23H,7,12-16H2,1-2H3,(H,28,33)(H,29,30)(H,31,32)/t22-,23?,27?/m1/s1. The first-order valence-corrected chi connectivity index (χ1v) is 13.4. The molecular formula is C27H32N2O5S. The number of alkyl carbamates (subject to hydrolysis) is 1. The van der Waals surface area contributed by atoms with E-state index in [1.54, 1.807) is 18.7 Å². The summed E-state index contributed by atoms with van der Waals surface area (Å²) < 4.78 is 5.62. The number of hydrogen-bond acceptors (Lipinski definition) is 5. The summed E-state index contributed by atoms with van der Waals surface area (Å²) in [5, 5.41) is 15.3. The zero-order valence-electron chi connectivity index (χ0n) is 20.1. The van der Waals surface area contributed by atoms with E-state index in [2.05, 4.69) is 34.9 Å². The quantitative estimate of drug-likeness (QED) is 0.475. The van der Waals surface area contributed by atoms with Crippen molar-refractivity contribution in [3.05, 3.63) is 59.7 Å². The van der Waals surface area contributed by atoms with Crippen LogP contribution in [0.15, 0.2) is 48.5 Å². The SMILES string of the molecule is CSCC[C@@H](NC(=O)OCC1c2ccccc2-c2ccccc21)C(=O)NC1CCCC1(C)C(=O)O. The Morgan fingerprint density at radius 2 is 1.74 bits per heavy atom. The molecule has 0 heterocycles. The summed E-state index contributed by atoms with van der Waals surface area (Å²) in [7, 11) is 0. The van der Waals surface area contributed by atoms with Crippen molar-refractivity contribution in [2.75, 3.05) is 18.6 Å². The van der Waals surface area contributed by atoms with Gasteiger partial charge in [0, 0.05) is 12.0 Å². The first-order valence-electron chi connectivity index (χ1n) is 12.0. The van der Waals surface area contributed by atoms with Crippen LogP contribution in [0.2, 0.25) is 0 Å². The fraction of sp³-hybridized carbons (Fsp3) is 0.444. The summed E-state index contributed by atoms with van der Waals surface area (Å²) in [5.41, 5.74) is 3.53. The van der Waals surface area contributed by atoms with Crippen LogP contribution >= 0.6 is 11.8 Å². The molecule has 35 heavy (non-hydrogen) atoms. The Labute approximate surface area is 210 Å². The van der Waals surface area contributed by atoms with Crippen LogP contribution < -0.4 is 10.6 Å². The van der Waals surface area contributed by atoms with Crippen LogP contribution in [0.4, 0.5) is 4.79 Å². The molecule has 0 aromatic heterocycles. The summed E-state index contributed by atoms with van der Waals surface area (Å²) >= 11 is 1.57. The van der Waals surface area contributed by atoms with Crippen molar-refractivity contribution in [2.45, 2.75) is 50.6 Å². The molecule has 2 aromatic rings. The molecule has 8 heteroatoms. The van der Waals surface area contributed by atoms with Crippen molar-refractivity contribution in [1.29, 1.82) is 0 Å². The molecule has 3 N–H and O–H groups in total. The van der Waals surface area contributed by atoms with Crippen molar-refractivity contribution >= 4 is 29.7 Å². The minimum absolute atomic E-state index is 0.0682. The largest absolute Gasteiger partial charge is 0.481 e. The Morgan fingerprint density at radius 3 is 2.34 bits per heavy atom. The number of benzene rings is 2. The molecular weight excluding hydrogens is 464 g/mol. The molecule has 0 spiro atoms. The van der Waals surface area contributed by atoms with Crippen LogP contribution in [0, 0.1) is 5.41 Å². The zero-order chi connectivity index (χ0) is 25.0. The first kappa shape index (κ1) is 25.1. The predicted molar refractivity (Wildman–Crippen MR) is 137 cm³/mol. The van der Waals surface area contributed by atoms with Crippen LogP contribution in [-0.4, -0.2) is 53.8 Å². The van der Waals surface area contributed by atoms with E-state index < -0.39 is 29.6 Å². The highest BCUT2D eigenvalue weighted by Crippen LogP contribution is 2.44. The first-order chi connectivity index (χ1) is 16.8. The van der Waals surface area contributed by atoms with Gasteiger partial charge in [0.25, 0.3) is 0 Å². The summed E-state index contributed by atoms with van der Waals surface area (Å²) in [4.78, 5) is 37.6. The number of fused-ring (bicyclic) bond motifs is 3. The number of carbonyl (C=O) groups excluding carboxylic acids is 2. The number of thioether (sulfide) groups is 1. The lowest BCUT2D eigenvalue weighted by atomic mass is 9.85. The van der Waals surface area contributed by atoms with Gasteiger partial charge in [0.15, 0.2) is 0 Å². The van der Waals surface area contributed by atoms with Crippen molar-refractivity contribution in [2.24, 2.45) is 5.41 Å². The van der Waals surface area contributed by atoms with Crippen LogP contribution in [-0.2, 0) is 14.3 Å². The maximum Gasteiger partial charge on any atom is 0.407 e. The fourth-order valence-corrected chi connectivity index (χ4v) is 5.68. The van der Waals surface area contributed by atoms with E-state index in [0.29, 0.717) is 25.0 Å². The lowest BCUT2D eigenvalue weighted by Gasteiger charge is -2.29. The predicted octanol–water partition coefficient (Wildman–Crippen LogP) is 4.41. The number of nitrogens with one attached hydrogen (secondary N) is 2. The average molecular weight is 497 g/mol. The van der Waals surface area contributed by atoms with Gasteiger partial charge in [-0.3, -0.25) is 9.59 Å². The molecule has 0 aliphatic heterocycles. The van der Waals surface area contributed by atoms with Crippen molar-refractivity contribution < 1.29 is 24.2 Å². The third-order valence-electron chi connectivity index (χ3n) is 7.33. The molecule has 0 radical (unpaired) electrons. The number of aliphatic carboxylic acids is 1. The van der Waals surface area contributed by atoms with E-state index in [-0.39, 0.29) is 18.4 Å². The topological polar surface area (TPSA) is 105 Å². The molecule has 1 saturated carbocycles. The minimum atomic E-state index is -0.997. The van der Waals surface area contributed by atoms with Gasteiger partial charge in [0.1, 0.15) is 12.6 Å². The maximum atomic E-state index is 13.1. The highest BCUT2D eigenvalue weighted by molar-refractivity contribution is 7.98. The molecule has 2 aliphatic carbocycles. The van der Waals surface area contributed by atoms with E-state index in [0.717, 1.165) is 28.7 Å². The molecule has 186 valence electrons. The van der Waals surface area contributed by atoms with E-state index in [9.17, 15) is 19.5 Å². The summed E-state index contributed by atoms with van der Waals surface area (Å²) in [6, 6.07) is 15.0. The van der Waals surface area contributed by atoms with Gasteiger partial charge in [0.2, 0.25) is 5.91 Å². The minimum Gasteiger partial charge on any atom is -0.481 e. The van der Waals surface area contributed by atoms with Crippen molar-refractivity contribution in [1.82, 2.24) is 10.6 Å². The fourth-order valence-electron chi connectivity index (χ4n) is 5.21. The Morgan fingerprint density at radius 1 is 1.11 bits per heavy atom. The normalized spacial score (nSPS) is 21.6. The molecule has 0 saturated heterocycles. The van der Waals surface area contributed by atoms with E-state index >= 15 is 0 Å². The number of carboxylic acids is 1. The number of carbonyl (C=O) groups is 3. The van der Waals surface area contributed by atoms with Gasteiger partial charge in [-0.25, -0.2) is 4.79 Å². The Hall–Kier alpha value is -3.00. The van der Waals surface area contributed by atoms with Crippen molar-refractivity contribution in [3.8, 4) is 11.1 Å². The van der Waals surface area contributed by atoms with Crippen LogP contribution in [0.3, 0.4) is 0 Å². The maximum absolute atomic E-state index is 13.1. The highest BCUT2D eigenvalue weighted by atomic mass is 32.2. The average Bonchev–Trinajstić information content (AvgIpc) is 3.39. The van der Waals surface area contributed by atoms with Gasteiger partial charge in [-0.05, 0) is 60.4 Å². The van der Waals surface area contributed by atoms with Gasteiger partial charge >= 0.3 is 12.1 Å². The molecule has 2 aliphatic rings. The van der Waals surface area contributed by atoms with Crippen LogP contribution in [0.25, 0.3) is 11.1 Å². The summed E-state index contributed by atoms with van der Waals surface area (Å²) in [6.45, 7) is 1.83. The number of hydrogen-bond donors (Lipinski definition) is 3. The highest BCUT2D eigenvalue weighted by Gasteiger charge is 2.46. The second kappa shape index (κ2) is 10.7. The van der Waals surface area contributed by atoms with Crippen LogP contribution in [0.5, 0.6) is 0 Å². The zero-order valence-corrected chi connectivity index (χ0v) is 20.9. The molecule has 2 unspecified atom stereocenters. The second-order valence-electron chi connectivity index (χ2n) is 9.48. The van der Waals surface area contributed by atoms with Crippen molar-refractivity contribution in [3.63, 3.8) is 0 Å². The molecule has 3 atom stereocenters. The molecule has 2 amide bonds. The lowest BCUT2D eigenvalue weighted by Crippen LogP contribution is -2.54. The monoisotopic (exact) mass is 496 g/mol.